The molecule has 0 atom stereocenters. The molecule has 7 aromatic carbocycles. The maximum absolute atomic E-state index is 12.5. The van der Waals surface area contributed by atoms with Crippen LogP contribution in [0.15, 0.2) is 191 Å². The molecule has 7 aromatic rings. The molecule has 0 saturated carbocycles. The van der Waals surface area contributed by atoms with Crippen LogP contribution in [-0.2, 0) is 4.79 Å². The van der Waals surface area contributed by atoms with E-state index < -0.39 is 0 Å². The van der Waals surface area contributed by atoms with Crippen LogP contribution in [-0.4, -0.2) is 25.9 Å². The number of rotatable bonds is 13. The molecule has 5 heteroatoms. The van der Waals surface area contributed by atoms with Crippen molar-refractivity contribution in [2.24, 2.45) is 4.99 Å². The third kappa shape index (κ3) is 8.22. The van der Waals surface area contributed by atoms with Crippen LogP contribution < -0.4 is 9.64 Å². The van der Waals surface area contributed by atoms with Gasteiger partial charge in [-0.1, -0.05) is 103 Å². The van der Waals surface area contributed by atoms with Gasteiger partial charge in [0.05, 0.1) is 12.8 Å². The number of hydrogen-bond donors (Lipinski definition) is 0. The number of aliphatic imine (C=N–C) groups is 1. The molecule has 0 fully saturated rings. The molecule has 7 rings (SSSR count). The molecule has 0 aliphatic carbocycles. The fraction of sp³-hybridized carbons (Fsp3) is 0.0417. The first kappa shape index (κ1) is 35.0. The second-order valence-corrected chi connectivity index (χ2v) is 13.4. The van der Waals surface area contributed by atoms with E-state index in [2.05, 4.69) is 126 Å². The molecule has 0 aliphatic heterocycles. The van der Waals surface area contributed by atoms with Crippen LogP contribution in [0, 0.1) is 0 Å². The number of carbonyl (C=O) groups excluding carboxylic acids is 1. The van der Waals surface area contributed by atoms with Crippen molar-refractivity contribution in [1.29, 1.82) is 0 Å². The Morgan fingerprint density at radius 2 is 1.13 bits per heavy atom. The predicted molar refractivity (Wildman–Crippen MR) is 224 cm³/mol. The normalized spacial score (nSPS) is 11.2. The monoisotopic (exact) mass is 706 g/mol. The van der Waals surface area contributed by atoms with Crippen LogP contribution in [0.4, 0.5) is 22.7 Å². The van der Waals surface area contributed by atoms with Crippen LogP contribution in [0.25, 0.3) is 39.5 Å². The van der Waals surface area contributed by atoms with Crippen molar-refractivity contribution in [3.63, 3.8) is 0 Å². The van der Waals surface area contributed by atoms with E-state index >= 15 is 0 Å². The maximum atomic E-state index is 12.5. The van der Waals surface area contributed by atoms with Crippen molar-refractivity contribution in [1.82, 2.24) is 0 Å². The van der Waals surface area contributed by atoms with Gasteiger partial charge in [0, 0.05) is 44.9 Å². The van der Waals surface area contributed by atoms with Crippen LogP contribution >= 0.6 is 11.8 Å². The number of aldehydes is 1. The first-order valence-electron chi connectivity index (χ1n) is 17.4. The van der Waals surface area contributed by atoms with E-state index in [0.29, 0.717) is 17.1 Å². The number of methoxy groups -OCH3 is 1. The summed E-state index contributed by atoms with van der Waals surface area (Å²) >= 11 is 1.57. The van der Waals surface area contributed by atoms with Crippen LogP contribution in [0.2, 0.25) is 0 Å². The maximum Gasteiger partial charge on any atom is 0.146 e. The molecule has 4 nitrogen and oxygen atoms in total. The van der Waals surface area contributed by atoms with E-state index in [1.165, 1.54) is 0 Å². The SMILES string of the molecule is C=Nc1ccc(-c2cc(-c3ccccc3)cc(-c3ccccc3)c2)cc1SC/C(C=O)=C/c1ccc(N(c2ccccc2)c2ccccc2)cc1OC. The van der Waals surface area contributed by atoms with Gasteiger partial charge in [0.15, 0.2) is 0 Å². The Bertz CT molecular complexity index is 2260. The summed E-state index contributed by atoms with van der Waals surface area (Å²) in [6.07, 6.45) is 2.82. The van der Waals surface area contributed by atoms with Gasteiger partial charge in [-0.15, -0.1) is 11.8 Å². The Morgan fingerprint density at radius 3 is 1.64 bits per heavy atom. The number of benzene rings is 7. The lowest BCUT2D eigenvalue weighted by molar-refractivity contribution is -0.104. The molecule has 0 N–H and O–H groups in total. The van der Waals surface area contributed by atoms with Crippen molar-refractivity contribution >= 4 is 53.6 Å². The summed E-state index contributed by atoms with van der Waals surface area (Å²) in [4.78, 5) is 19.9. The summed E-state index contributed by atoms with van der Waals surface area (Å²) in [6, 6.07) is 60.4. The zero-order valence-corrected chi connectivity index (χ0v) is 30.2. The average molecular weight is 707 g/mol. The van der Waals surface area contributed by atoms with Crippen molar-refractivity contribution in [3.8, 4) is 39.1 Å². The Hall–Kier alpha value is -6.43. The van der Waals surface area contributed by atoms with Crippen LogP contribution in [0.3, 0.4) is 0 Å². The highest BCUT2D eigenvalue weighted by Crippen LogP contribution is 2.40. The average Bonchev–Trinajstić information content (AvgIpc) is 3.24. The lowest BCUT2D eigenvalue weighted by Crippen LogP contribution is -2.10. The fourth-order valence-electron chi connectivity index (χ4n) is 6.36. The second-order valence-electron chi connectivity index (χ2n) is 12.4. The largest absolute Gasteiger partial charge is 0.496 e. The standard InChI is InChI=1S/C48H38N2O2S/c1-49-46-26-24-38(42-29-40(36-15-7-3-8-16-36)28-41(30-42)37-17-9-4-10-18-37)31-48(46)53-34-35(33-51)27-39-23-25-45(32-47(39)52-2)50(43-19-11-5-12-20-43)44-21-13-6-14-22-44/h3-33H,1,34H2,2H3/b35-27+. The summed E-state index contributed by atoms with van der Waals surface area (Å²) in [6.45, 7) is 3.84. The molecule has 0 aromatic heterocycles. The van der Waals surface area contributed by atoms with Crippen molar-refractivity contribution < 1.29 is 9.53 Å². The molecule has 0 heterocycles. The molecule has 0 aliphatic rings. The highest BCUT2D eigenvalue weighted by atomic mass is 32.2. The van der Waals surface area contributed by atoms with E-state index in [1.54, 1.807) is 18.9 Å². The minimum atomic E-state index is 0.444. The highest BCUT2D eigenvalue weighted by molar-refractivity contribution is 7.99. The van der Waals surface area contributed by atoms with Gasteiger partial charge in [-0.3, -0.25) is 9.79 Å². The fourth-order valence-corrected chi connectivity index (χ4v) is 7.32. The van der Waals surface area contributed by atoms with E-state index in [-0.39, 0.29) is 0 Å². The van der Waals surface area contributed by atoms with Gasteiger partial charge in [-0.2, -0.15) is 0 Å². The minimum absolute atomic E-state index is 0.444. The lowest BCUT2D eigenvalue weighted by Gasteiger charge is -2.26. The Kier molecular flexibility index (Phi) is 11.0. The lowest BCUT2D eigenvalue weighted by atomic mass is 9.93. The van der Waals surface area contributed by atoms with E-state index in [0.717, 1.165) is 72.9 Å². The third-order valence-electron chi connectivity index (χ3n) is 9.00. The first-order chi connectivity index (χ1) is 26.1. The molecular formula is C48H38N2O2S. The van der Waals surface area contributed by atoms with Gasteiger partial charge >= 0.3 is 0 Å². The number of anilines is 3. The van der Waals surface area contributed by atoms with Gasteiger partial charge < -0.3 is 9.64 Å². The number of para-hydroxylation sites is 2. The van der Waals surface area contributed by atoms with Gasteiger partial charge in [0.2, 0.25) is 0 Å². The van der Waals surface area contributed by atoms with Crippen LogP contribution in [0.1, 0.15) is 5.56 Å². The van der Waals surface area contributed by atoms with Crippen molar-refractivity contribution in [2.45, 2.75) is 4.90 Å². The number of hydrogen-bond acceptors (Lipinski definition) is 5. The molecule has 0 radical (unpaired) electrons. The molecule has 0 saturated heterocycles. The summed E-state index contributed by atoms with van der Waals surface area (Å²) in [5.41, 5.74) is 12.0. The Labute approximate surface area is 315 Å². The first-order valence-corrected chi connectivity index (χ1v) is 18.4. The van der Waals surface area contributed by atoms with Gasteiger partial charge in [0.25, 0.3) is 0 Å². The second kappa shape index (κ2) is 16.7. The van der Waals surface area contributed by atoms with E-state index in [1.807, 2.05) is 72.8 Å². The quantitative estimate of drug-likeness (QED) is 0.0518. The Morgan fingerprint density at radius 1 is 0.604 bits per heavy atom. The molecule has 0 unspecified atom stereocenters. The smallest absolute Gasteiger partial charge is 0.146 e. The molecule has 53 heavy (non-hydrogen) atoms. The van der Waals surface area contributed by atoms with Gasteiger partial charge in [0.1, 0.15) is 12.0 Å². The number of ether oxygens (including phenoxy) is 1. The minimum Gasteiger partial charge on any atom is -0.496 e. The third-order valence-corrected chi connectivity index (χ3v) is 10.1. The zero-order chi connectivity index (χ0) is 36.4. The van der Waals surface area contributed by atoms with Crippen molar-refractivity contribution in [2.75, 3.05) is 17.8 Å². The van der Waals surface area contributed by atoms with Gasteiger partial charge in [-0.25, -0.2) is 0 Å². The van der Waals surface area contributed by atoms with E-state index in [4.69, 9.17) is 4.74 Å². The van der Waals surface area contributed by atoms with Crippen molar-refractivity contribution in [3.05, 3.63) is 187 Å². The topological polar surface area (TPSA) is 41.9 Å². The number of nitrogens with zero attached hydrogens (tertiary/aromatic N) is 2. The molecule has 0 bridgehead atoms. The number of carbonyl (C=O) groups is 1. The summed E-state index contributed by atoms with van der Waals surface area (Å²) in [5, 5.41) is 0. The summed E-state index contributed by atoms with van der Waals surface area (Å²) in [5.74, 6) is 1.12. The van der Waals surface area contributed by atoms with Crippen LogP contribution in [0.5, 0.6) is 5.75 Å². The number of thioether (sulfide) groups is 1. The molecule has 258 valence electrons. The predicted octanol–water partition coefficient (Wildman–Crippen LogP) is 12.9. The molecule has 0 spiro atoms. The summed E-state index contributed by atoms with van der Waals surface area (Å²) < 4.78 is 5.88. The summed E-state index contributed by atoms with van der Waals surface area (Å²) in [7, 11) is 1.66. The van der Waals surface area contributed by atoms with E-state index in [9.17, 15) is 4.79 Å². The molecule has 0 amide bonds. The zero-order valence-electron chi connectivity index (χ0n) is 29.4. The van der Waals surface area contributed by atoms with Gasteiger partial charge in [-0.05, 0) is 113 Å². The molecular weight excluding hydrogens is 669 g/mol. The Balaban J connectivity index is 1.18. The highest BCUT2D eigenvalue weighted by Gasteiger charge is 2.15.